The first-order valence-electron chi connectivity index (χ1n) is 7.66. The fourth-order valence-corrected chi connectivity index (χ4v) is 3.02. The molecule has 1 aliphatic rings. The summed E-state index contributed by atoms with van der Waals surface area (Å²) in [4.78, 5) is 14.4. The molecule has 3 heteroatoms. The molecule has 0 saturated heterocycles. The second kappa shape index (κ2) is 6.40. The molecule has 1 aromatic carbocycles. The maximum Gasteiger partial charge on any atom is 0.240 e. The summed E-state index contributed by atoms with van der Waals surface area (Å²) >= 11 is 0. The Morgan fingerprint density at radius 3 is 2.85 bits per heavy atom. The van der Waals surface area contributed by atoms with E-state index in [2.05, 4.69) is 31.2 Å². The van der Waals surface area contributed by atoms with Crippen LogP contribution in [-0.2, 0) is 11.2 Å². The minimum Gasteiger partial charge on any atom is -0.337 e. The number of nitrogens with zero attached hydrogens (tertiary/aromatic N) is 1. The van der Waals surface area contributed by atoms with E-state index in [0.29, 0.717) is 0 Å². The van der Waals surface area contributed by atoms with Crippen LogP contribution >= 0.6 is 0 Å². The number of benzene rings is 1. The van der Waals surface area contributed by atoms with Crippen molar-refractivity contribution in [3.8, 4) is 0 Å². The summed E-state index contributed by atoms with van der Waals surface area (Å²) in [6.07, 6.45) is 4.22. The molecular weight excluding hydrogens is 248 g/mol. The SMILES string of the molecule is CCC(C)[C@H](N)C(=O)N(C)C1CCCc2ccccc21. The number of carbonyl (C=O) groups excluding carboxylic acids is 1. The lowest BCUT2D eigenvalue weighted by atomic mass is 9.86. The number of nitrogens with two attached hydrogens (primary N) is 1. The minimum atomic E-state index is -0.390. The van der Waals surface area contributed by atoms with E-state index in [1.165, 1.54) is 11.1 Å². The van der Waals surface area contributed by atoms with Gasteiger partial charge in [-0.1, -0.05) is 44.5 Å². The second-order valence-corrected chi connectivity index (χ2v) is 5.97. The normalized spacial score (nSPS) is 20.9. The Morgan fingerprint density at radius 2 is 2.15 bits per heavy atom. The van der Waals surface area contributed by atoms with E-state index >= 15 is 0 Å². The second-order valence-electron chi connectivity index (χ2n) is 5.97. The Kier molecular flexibility index (Phi) is 4.81. The first-order chi connectivity index (χ1) is 9.56. The van der Waals surface area contributed by atoms with Crippen molar-refractivity contribution in [3.05, 3.63) is 35.4 Å². The topological polar surface area (TPSA) is 46.3 Å². The van der Waals surface area contributed by atoms with Crippen molar-refractivity contribution < 1.29 is 4.79 Å². The fourth-order valence-electron chi connectivity index (χ4n) is 3.02. The van der Waals surface area contributed by atoms with Gasteiger partial charge in [0.25, 0.3) is 0 Å². The van der Waals surface area contributed by atoms with Gasteiger partial charge in [0, 0.05) is 7.05 Å². The molecule has 0 aliphatic heterocycles. The van der Waals surface area contributed by atoms with E-state index in [4.69, 9.17) is 5.73 Å². The van der Waals surface area contributed by atoms with Crippen LogP contribution in [0.5, 0.6) is 0 Å². The molecule has 0 aromatic heterocycles. The van der Waals surface area contributed by atoms with Gasteiger partial charge in [-0.15, -0.1) is 0 Å². The number of hydrogen-bond acceptors (Lipinski definition) is 2. The lowest BCUT2D eigenvalue weighted by Gasteiger charge is -2.35. The van der Waals surface area contributed by atoms with Gasteiger partial charge >= 0.3 is 0 Å². The molecule has 3 atom stereocenters. The predicted molar refractivity (Wildman–Crippen MR) is 82.3 cm³/mol. The average Bonchev–Trinajstić information content (AvgIpc) is 2.51. The third kappa shape index (κ3) is 2.88. The molecule has 2 unspecified atom stereocenters. The molecule has 0 spiro atoms. The van der Waals surface area contributed by atoms with E-state index in [1.807, 2.05) is 18.9 Å². The Labute approximate surface area is 122 Å². The third-order valence-electron chi connectivity index (χ3n) is 4.70. The quantitative estimate of drug-likeness (QED) is 0.917. The zero-order valence-electron chi connectivity index (χ0n) is 12.8. The van der Waals surface area contributed by atoms with E-state index in [1.54, 1.807) is 0 Å². The summed E-state index contributed by atoms with van der Waals surface area (Å²) in [7, 11) is 1.90. The molecule has 1 aliphatic carbocycles. The molecule has 0 fully saturated rings. The van der Waals surface area contributed by atoms with E-state index < -0.39 is 0 Å². The monoisotopic (exact) mass is 274 g/mol. The van der Waals surface area contributed by atoms with Gasteiger partial charge < -0.3 is 10.6 Å². The zero-order chi connectivity index (χ0) is 14.7. The van der Waals surface area contributed by atoms with Gasteiger partial charge in [-0.05, 0) is 36.3 Å². The average molecular weight is 274 g/mol. The number of amides is 1. The van der Waals surface area contributed by atoms with Crippen molar-refractivity contribution in [2.75, 3.05) is 7.05 Å². The Hall–Kier alpha value is -1.35. The number of aryl methyl sites for hydroxylation is 1. The summed E-state index contributed by atoms with van der Waals surface area (Å²) in [5, 5.41) is 0. The van der Waals surface area contributed by atoms with Crippen LogP contribution in [0, 0.1) is 5.92 Å². The molecule has 1 aromatic rings. The maximum absolute atomic E-state index is 12.6. The van der Waals surface area contributed by atoms with Crippen LogP contribution in [0.4, 0.5) is 0 Å². The molecule has 2 rings (SSSR count). The summed E-state index contributed by atoms with van der Waals surface area (Å²) in [5.74, 6) is 0.296. The van der Waals surface area contributed by atoms with Crippen LogP contribution < -0.4 is 5.73 Å². The third-order valence-corrected chi connectivity index (χ3v) is 4.70. The maximum atomic E-state index is 12.6. The summed E-state index contributed by atoms with van der Waals surface area (Å²) < 4.78 is 0. The molecular formula is C17H26N2O. The standard InChI is InChI=1S/C17H26N2O/c1-4-12(2)16(18)17(20)19(3)15-11-7-9-13-8-5-6-10-14(13)15/h5-6,8,10,12,15-16H,4,7,9,11,18H2,1-3H3/t12?,15?,16-/m0/s1. The summed E-state index contributed by atoms with van der Waals surface area (Å²) in [6.45, 7) is 4.12. The van der Waals surface area contributed by atoms with Crippen LogP contribution in [0.1, 0.15) is 50.3 Å². The van der Waals surface area contributed by atoms with Crippen molar-refractivity contribution in [3.63, 3.8) is 0 Å². The Balaban J connectivity index is 2.18. The van der Waals surface area contributed by atoms with Gasteiger partial charge in [0.1, 0.15) is 0 Å². The lowest BCUT2D eigenvalue weighted by molar-refractivity contribution is -0.135. The molecule has 0 radical (unpaired) electrons. The Bertz CT molecular complexity index is 472. The van der Waals surface area contributed by atoms with Crippen molar-refractivity contribution in [1.29, 1.82) is 0 Å². The van der Waals surface area contributed by atoms with Crippen molar-refractivity contribution in [2.24, 2.45) is 11.7 Å². The molecule has 20 heavy (non-hydrogen) atoms. The molecule has 2 N–H and O–H groups in total. The highest BCUT2D eigenvalue weighted by Gasteiger charge is 2.30. The Morgan fingerprint density at radius 1 is 1.45 bits per heavy atom. The van der Waals surface area contributed by atoms with Gasteiger partial charge in [-0.2, -0.15) is 0 Å². The first-order valence-corrected chi connectivity index (χ1v) is 7.66. The van der Waals surface area contributed by atoms with Crippen molar-refractivity contribution in [1.82, 2.24) is 4.90 Å². The smallest absolute Gasteiger partial charge is 0.240 e. The van der Waals surface area contributed by atoms with Gasteiger partial charge in [0.05, 0.1) is 12.1 Å². The highest BCUT2D eigenvalue weighted by molar-refractivity contribution is 5.82. The number of hydrogen-bond donors (Lipinski definition) is 1. The molecule has 0 bridgehead atoms. The zero-order valence-corrected chi connectivity index (χ0v) is 12.8. The van der Waals surface area contributed by atoms with Crippen molar-refractivity contribution in [2.45, 2.75) is 51.6 Å². The van der Waals surface area contributed by atoms with Gasteiger partial charge in [-0.3, -0.25) is 4.79 Å². The van der Waals surface area contributed by atoms with Gasteiger partial charge in [0.15, 0.2) is 0 Å². The van der Waals surface area contributed by atoms with Gasteiger partial charge in [-0.25, -0.2) is 0 Å². The largest absolute Gasteiger partial charge is 0.337 e. The molecule has 1 amide bonds. The molecule has 0 saturated carbocycles. The van der Waals surface area contributed by atoms with Crippen molar-refractivity contribution >= 4 is 5.91 Å². The van der Waals surface area contributed by atoms with Crippen LogP contribution in [0.2, 0.25) is 0 Å². The molecule has 3 nitrogen and oxygen atoms in total. The van der Waals surface area contributed by atoms with E-state index in [9.17, 15) is 4.79 Å². The first kappa shape index (κ1) is 15.0. The van der Waals surface area contributed by atoms with Crippen LogP contribution in [0.25, 0.3) is 0 Å². The fraction of sp³-hybridized carbons (Fsp3) is 0.588. The molecule has 0 heterocycles. The molecule has 110 valence electrons. The summed E-state index contributed by atoms with van der Waals surface area (Å²) in [6, 6.07) is 8.26. The van der Waals surface area contributed by atoms with E-state index in [-0.39, 0.29) is 23.9 Å². The number of fused-ring (bicyclic) bond motifs is 1. The highest BCUT2D eigenvalue weighted by atomic mass is 16.2. The predicted octanol–water partition coefficient (Wildman–Crippen LogP) is 2.90. The van der Waals surface area contributed by atoms with Crippen LogP contribution in [0.3, 0.4) is 0 Å². The number of carbonyl (C=O) groups is 1. The summed E-state index contributed by atoms with van der Waals surface area (Å²) in [5.41, 5.74) is 8.78. The lowest BCUT2D eigenvalue weighted by Crippen LogP contribution is -2.47. The van der Waals surface area contributed by atoms with Gasteiger partial charge in [0.2, 0.25) is 5.91 Å². The number of rotatable bonds is 4. The minimum absolute atomic E-state index is 0.0704. The van der Waals surface area contributed by atoms with Crippen LogP contribution in [-0.4, -0.2) is 23.9 Å². The number of likely N-dealkylation sites (N-methyl/N-ethyl adjacent to an activating group) is 1. The van der Waals surface area contributed by atoms with Crippen LogP contribution in [0.15, 0.2) is 24.3 Å². The highest BCUT2D eigenvalue weighted by Crippen LogP contribution is 2.33. The van der Waals surface area contributed by atoms with E-state index in [0.717, 1.165) is 25.7 Å².